The van der Waals surface area contributed by atoms with Crippen molar-refractivity contribution in [3.63, 3.8) is 0 Å². The minimum Gasteiger partial charge on any atom is -0.424 e. The van der Waals surface area contributed by atoms with Gasteiger partial charge in [0.25, 0.3) is 0 Å². The maximum absolute atomic E-state index is 10.9. The second kappa shape index (κ2) is 10.7. The number of nitrogen functional groups attached to an aromatic ring is 1. The monoisotopic (exact) mass is 519 g/mol. The van der Waals surface area contributed by atoms with Gasteiger partial charge in [0.1, 0.15) is 29.8 Å². The molecule has 0 aliphatic heterocycles. The maximum atomic E-state index is 10.9. The number of ether oxygens (including phenoxy) is 1. The lowest BCUT2D eigenvalue weighted by Gasteiger charge is -2.19. The molecule has 0 spiro atoms. The number of aromatic nitrogens is 5. The van der Waals surface area contributed by atoms with Crippen LogP contribution in [0.3, 0.4) is 0 Å². The van der Waals surface area contributed by atoms with Crippen LogP contribution in [0.15, 0.2) is 79.3 Å². The van der Waals surface area contributed by atoms with Crippen LogP contribution >= 0.6 is 0 Å². The Kier molecular flexibility index (Phi) is 7.05. The minimum absolute atomic E-state index is 0.298. The third-order valence-electron chi connectivity index (χ3n) is 6.64. The molecule has 9 heteroatoms. The predicted octanol–water partition coefficient (Wildman–Crippen LogP) is 5.36. The van der Waals surface area contributed by atoms with Crippen molar-refractivity contribution < 1.29 is 9.53 Å². The first-order chi connectivity index (χ1) is 18.9. The molecular weight excluding hydrogens is 490 g/mol. The summed E-state index contributed by atoms with van der Waals surface area (Å²) in [5, 5.41) is 0.791. The number of carbonyl (C=O) groups excluding carboxylic acids is 1. The second-order valence-electron chi connectivity index (χ2n) is 9.34. The Morgan fingerprint density at radius 1 is 1.05 bits per heavy atom. The zero-order valence-electron chi connectivity index (χ0n) is 22.1. The number of anilines is 2. The number of nitrogens with two attached hydrogens (primary N) is 1. The molecule has 3 aromatic heterocycles. The first-order valence-electron chi connectivity index (χ1n) is 12.5. The molecular formula is C30H29N7O2. The van der Waals surface area contributed by atoms with Crippen LogP contribution in [0.1, 0.15) is 12.1 Å². The van der Waals surface area contributed by atoms with Crippen LogP contribution in [-0.4, -0.2) is 44.4 Å². The summed E-state index contributed by atoms with van der Waals surface area (Å²) in [7, 11) is 3.97. The highest BCUT2D eigenvalue weighted by Crippen LogP contribution is 2.42. The van der Waals surface area contributed by atoms with Gasteiger partial charge >= 0.3 is 6.01 Å². The van der Waals surface area contributed by atoms with Crippen LogP contribution in [0.25, 0.3) is 33.4 Å². The molecule has 0 unspecified atom stereocenters. The summed E-state index contributed by atoms with van der Waals surface area (Å²) in [6.07, 6.45) is 4.57. The summed E-state index contributed by atoms with van der Waals surface area (Å²) in [6.45, 7) is 6.35. The van der Waals surface area contributed by atoms with Crippen LogP contribution in [-0.2, 0) is 11.8 Å². The van der Waals surface area contributed by atoms with Crippen molar-refractivity contribution in [2.45, 2.75) is 13.3 Å². The molecule has 2 N–H and O–H groups in total. The van der Waals surface area contributed by atoms with Gasteiger partial charge in [0, 0.05) is 43.8 Å². The fraction of sp³-hybridized carbons (Fsp3) is 0.167. The van der Waals surface area contributed by atoms with Gasteiger partial charge in [-0.3, -0.25) is 4.79 Å². The van der Waals surface area contributed by atoms with E-state index in [1.165, 1.54) is 6.33 Å². The molecule has 196 valence electrons. The number of nitrogens with zero attached hydrogens (tertiary/aromatic N) is 6. The van der Waals surface area contributed by atoms with Crippen LogP contribution in [0.2, 0.25) is 0 Å². The number of hydrogen-bond acceptors (Lipinski definition) is 8. The molecule has 0 aliphatic rings. The lowest BCUT2D eigenvalue weighted by atomic mass is 9.98. The van der Waals surface area contributed by atoms with Gasteiger partial charge in [-0.2, -0.15) is 0 Å². The fourth-order valence-corrected chi connectivity index (χ4v) is 4.54. The smallest absolute Gasteiger partial charge is 0.322 e. The molecule has 2 aromatic carbocycles. The maximum Gasteiger partial charge on any atom is 0.322 e. The number of hydrogen-bond donors (Lipinski definition) is 1. The summed E-state index contributed by atoms with van der Waals surface area (Å²) < 4.78 is 7.89. The van der Waals surface area contributed by atoms with E-state index in [0.717, 1.165) is 51.1 Å². The molecule has 0 saturated carbocycles. The Hall–Kier alpha value is -5.05. The van der Waals surface area contributed by atoms with E-state index in [4.69, 9.17) is 10.5 Å². The predicted molar refractivity (Wildman–Crippen MR) is 154 cm³/mol. The van der Waals surface area contributed by atoms with Crippen molar-refractivity contribution in [3.8, 4) is 34.1 Å². The summed E-state index contributed by atoms with van der Waals surface area (Å²) >= 11 is 0. The van der Waals surface area contributed by atoms with Crippen molar-refractivity contribution in [3.05, 3.63) is 85.0 Å². The molecule has 0 atom stereocenters. The highest BCUT2D eigenvalue weighted by molar-refractivity contribution is 6.07. The Labute approximate surface area is 226 Å². The number of aryl methyl sites for hydroxylation is 2. The van der Waals surface area contributed by atoms with Gasteiger partial charge in [-0.15, -0.1) is 0 Å². The van der Waals surface area contributed by atoms with Crippen molar-refractivity contribution in [1.82, 2.24) is 24.5 Å². The Balaban J connectivity index is 1.53. The van der Waals surface area contributed by atoms with E-state index in [2.05, 4.69) is 55.7 Å². The fourth-order valence-electron chi connectivity index (χ4n) is 4.54. The van der Waals surface area contributed by atoms with Crippen LogP contribution in [0.4, 0.5) is 11.5 Å². The number of rotatable bonds is 9. The van der Waals surface area contributed by atoms with E-state index < -0.39 is 0 Å². The summed E-state index contributed by atoms with van der Waals surface area (Å²) in [5.74, 6) is 1.04. The average Bonchev–Trinajstić information content (AvgIpc) is 3.25. The topological polar surface area (TPSA) is 112 Å². The zero-order valence-corrected chi connectivity index (χ0v) is 22.1. The highest BCUT2D eigenvalue weighted by Gasteiger charge is 2.22. The van der Waals surface area contributed by atoms with Crippen molar-refractivity contribution in [2.75, 3.05) is 24.2 Å². The number of carbonyl (C=O) groups is 1. The number of aldehydes is 1. The van der Waals surface area contributed by atoms with Crippen LogP contribution < -0.4 is 15.4 Å². The van der Waals surface area contributed by atoms with E-state index in [1.54, 1.807) is 6.20 Å². The van der Waals surface area contributed by atoms with Crippen LogP contribution in [0, 0.1) is 6.92 Å². The van der Waals surface area contributed by atoms with E-state index in [1.807, 2.05) is 55.9 Å². The third kappa shape index (κ3) is 5.19. The van der Waals surface area contributed by atoms with Gasteiger partial charge in [0.15, 0.2) is 0 Å². The Morgan fingerprint density at radius 3 is 2.46 bits per heavy atom. The largest absolute Gasteiger partial charge is 0.424 e. The van der Waals surface area contributed by atoms with Crippen molar-refractivity contribution in [2.24, 2.45) is 7.05 Å². The third-order valence-corrected chi connectivity index (χ3v) is 6.64. The van der Waals surface area contributed by atoms with E-state index >= 15 is 0 Å². The molecule has 5 aromatic rings. The van der Waals surface area contributed by atoms with Crippen molar-refractivity contribution in [1.29, 1.82) is 0 Å². The molecule has 5 rings (SSSR count). The minimum atomic E-state index is 0.298. The first kappa shape index (κ1) is 25.6. The average molecular weight is 520 g/mol. The van der Waals surface area contributed by atoms with Gasteiger partial charge in [-0.1, -0.05) is 30.8 Å². The SMILES string of the molecule is C=C(C=O)CCN(C)c1ccc(-c2c(-c3ccc(Oc4nccc(C)n4)cc3)c3c(N)ncnc3n2C)cc1. The summed E-state index contributed by atoms with van der Waals surface area (Å²) in [4.78, 5) is 30.3. The lowest BCUT2D eigenvalue weighted by molar-refractivity contribution is -0.105. The Morgan fingerprint density at radius 2 is 1.77 bits per heavy atom. The molecule has 9 nitrogen and oxygen atoms in total. The van der Waals surface area contributed by atoms with Crippen molar-refractivity contribution >= 4 is 28.8 Å². The van der Waals surface area contributed by atoms with Gasteiger partial charge < -0.3 is 19.9 Å². The molecule has 0 saturated heterocycles. The van der Waals surface area contributed by atoms with E-state index in [-0.39, 0.29) is 0 Å². The van der Waals surface area contributed by atoms with E-state index in [9.17, 15) is 4.79 Å². The zero-order chi connectivity index (χ0) is 27.5. The highest BCUT2D eigenvalue weighted by atomic mass is 16.5. The molecule has 3 heterocycles. The second-order valence-corrected chi connectivity index (χ2v) is 9.34. The molecule has 0 radical (unpaired) electrons. The molecule has 0 bridgehead atoms. The summed E-state index contributed by atoms with van der Waals surface area (Å²) in [5.41, 5.74) is 13.4. The number of fused-ring (bicyclic) bond motifs is 1. The Bertz CT molecular complexity index is 1660. The number of benzene rings is 2. The quantitative estimate of drug-likeness (QED) is 0.205. The van der Waals surface area contributed by atoms with Gasteiger partial charge in [0.2, 0.25) is 0 Å². The summed E-state index contributed by atoms with van der Waals surface area (Å²) in [6, 6.07) is 18.1. The van der Waals surface area contributed by atoms with Gasteiger partial charge in [0.05, 0.1) is 11.1 Å². The van der Waals surface area contributed by atoms with Gasteiger partial charge in [-0.05, 0) is 60.4 Å². The molecule has 0 amide bonds. The standard InChI is InChI=1S/C30H29N7O2/c1-19(17-38)14-16-36(3)23-9-5-22(6-10-23)27-25(26-28(31)33-18-34-29(26)37(27)4)21-7-11-24(12-8-21)39-30-32-15-13-20(2)35-30/h5-13,15,17-18H,1,14,16H2,2-4H3,(H2,31,33,34). The molecule has 39 heavy (non-hydrogen) atoms. The van der Waals surface area contributed by atoms with E-state index in [0.29, 0.717) is 36.1 Å². The normalized spacial score (nSPS) is 10.9. The molecule has 0 aliphatic carbocycles. The molecule has 0 fully saturated rings. The first-order valence-corrected chi connectivity index (χ1v) is 12.5. The lowest BCUT2D eigenvalue weighted by Crippen LogP contribution is -2.18. The van der Waals surface area contributed by atoms with Crippen LogP contribution in [0.5, 0.6) is 11.8 Å². The van der Waals surface area contributed by atoms with Gasteiger partial charge in [-0.25, -0.2) is 19.9 Å².